The van der Waals surface area contributed by atoms with Crippen molar-refractivity contribution in [1.29, 1.82) is 0 Å². The van der Waals surface area contributed by atoms with E-state index in [4.69, 9.17) is 0 Å². The Morgan fingerprint density at radius 1 is 1.00 bits per heavy atom. The number of aryl methyl sites for hydroxylation is 1. The molecule has 0 atom stereocenters. The maximum Gasteiger partial charge on any atom is 0.253 e. The average Bonchev–Trinajstić information content (AvgIpc) is 2.41. The molecule has 2 N–H and O–H groups in total. The van der Waals surface area contributed by atoms with Crippen LogP contribution in [0.3, 0.4) is 0 Å². The predicted octanol–water partition coefficient (Wildman–Crippen LogP) is 3.10. The summed E-state index contributed by atoms with van der Waals surface area (Å²) in [7, 11) is 1.63. The first kappa shape index (κ1) is 12.2. The van der Waals surface area contributed by atoms with Gasteiger partial charge in [-0.3, -0.25) is 4.79 Å². The number of hydrogen-bond acceptors (Lipinski definition) is 2. The Kier molecular flexibility index (Phi) is 3.63. The van der Waals surface area contributed by atoms with Crippen LogP contribution < -0.4 is 10.6 Å². The van der Waals surface area contributed by atoms with E-state index in [0.29, 0.717) is 5.56 Å². The maximum absolute atomic E-state index is 11.7. The van der Waals surface area contributed by atoms with Gasteiger partial charge in [0.15, 0.2) is 0 Å². The standard InChI is InChI=1S/C15H16N2O/c1-11-7-9-12(10-8-11)17-14-6-4-3-5-13(14)15(18)16-2/h3-10,17H,1-2H3,(H,16,18). The van der Waals surface area contributed by atoms with E-state index in [0.717, 1.165) is 11.4 Å². The number of carbonyl (C=O) groups excluding carboxylic acids is 1. The zero-order valence-corrected chi connectivity index (χ0v) is 10.5. The number of hydrogen-bond donors (Lipinski definition) is 2. The van der Waals surface area contributed by atoms with Crippen LogP contribution in [0.1, 0.15) is 15.9 Å². The third-order valence-corrected chi connectivity index (χ3v) is 2.73. The second kappa shape index (κ2) is 5.36. The van der Waals surface area contributed by atoms with Gasteiger partial charge in [-0.25, -0.2) is 0 Å². The van der Waals surface area contributed by atoms with Crippen molar-refractivity contribution in [1.82, 2.24) is 5.32 Å². The summed E-state index contributed by atoms with van der Waals surface area (Å²) < 4.78 is 0. The van der Waals surface area contributed by atoms with Gasteiger partial charge in [-0.1, -0.05) is 29.8 Å². The summed E-state index contributed by atoms with van der Waals surface area (Å²) in [4.78, 5) is 11.7. The summed E-state index contributed by atoms with van der Waals surface area (Å²) in [5.74, 6) is -0.0924. The summed E-state index contributed by atoms with van der Waals surface area (Å²) >= 11 is 0. The van der Waals surface area contributed by atoms with E-state index in [1.807, 2.05) is 49.4 Å². The molecule has 0 spiro atoms. The lowest BCUT2D eigenvalue weighted by Gasteiger charge is -2.11. The monoisotopic (exact) mass is 240 g/mol. The van der Waals surface area contributed by atoms with Gasteiger partial charge < -0.3 is 10.6 Å². The highest BCUT2D eigenvalue weighted by molar-refractivity contribution is 6.00. The minimum atomic E-state index is -0.0924. The van der Waals surface area contributed by atoms with Crippen LogP contribution in [0.2, 0.25) is 0 Å². The number of nitrogens with one attached hydrogen (secondary N) is 2. The number of carbonyl (C=O) groups is 1. The van der Waals surface area contributed by atoms with Crippen molar-refractivity contribution in [2.24, 2.45) is 0 Å². The fourth-order valence-electron chi connectivity index (χ4n) is 1.72. The fraction of sp³-hybridized carbons (Fsp3) is 0.133. The molecule has 3 heteroatoms. The molecule has 18 heavy (non-hydrogen) atoms. The van der Waals surface area contributed by atoms with Crippen molar-refractivity contribution in [2.75, 3.05) is 12.4 Å². The SMILES string of the molecule is CNC(=O)c1ccccc1Nc1ccc(C)cc1. The molecular formula is C15H16N2O. The third kappa shape index (κ3) is 2.69. The van der Waals surface area contributed by atoms with Gasteiger partial charge in [0.05, 0.1) is 11.3 Å². The average molecular weight is 240 g/mol. The van der Waals surface area contributed by atoms with Crippen LogP contribution in [-0.4, -0.2) is 13.0 Å². The van der Waals surface area contributed by atoms with Gasteiger partial charge in [-0.2, -0.15) is 0 Å². The molecule has 0 fully saturated rings. The number of rotatable bonds is 3. The summed E-state index contributed by atoms with van der Waals surface area (Å²) in [5.41, 5.74) is 3.62. The van der Waals surface area contributed by atoms with Crippen molar-refractivity contribution in [3.8, 4) is 0 Å². The number of para-hydroxylation sites is 1. The molecule has 0 unspecified atom stereocenters. The minimum Gasteiger partial charge on any atom is -0.355 e. The molecule has 0 heterocycles. The lowest BCUT2D eigenvalue weighted by molar-refractivity contribution is 0.0964. The van der Waals surface area contributed by atoms with Gasteiger partial charge in [0.2, 0.25) is 0 Å². The maximum atomic E-state index is 11.7. The molecule has 92 valence electrons. The molecule has 0 radical (unpaired) electrons. The molecular weight excluding hydrogens is 224 g/mol. The zero-order valence-electron chi connectivity index (χ0n) is 10.5. The number of benzene rings is 2. The molecule has 0 aliphatic carbocycles. The summed E-state index contributed by atoms with van der Waals surface area (Å²) in [5, 5.41) is 5.89. The molecule has 2 aromatic rings. The molecule has 0 saturated carbocycles. The summed E-state index contributed by atoms with van der Waals surface area (Å²) in [6.45, 7) is 2.04. The fourth-order valence-corrected chi connectivity index (χ4v) is 1.72. The summed E-state index contributed by atoms with van der Waals surface area (Å²) in [6, 6.07) is 15.5. The van der Waals surface area contributed by atoms with Crippen LogP contribution in [0.4, 0.5) is 11.4 Å². The smallest absolute Gasteiger partial charge is 0.253 e. The molecule has 1 amide bonds. The molecule has 0 aliphatic rings. The first-order valence-corrected chi connectivity index (χ1v) is 5.85. The van der Waals surface area contributed by atoms with Gasteiger partial charge in [0.1, 0.15) is 0 Å². The normalized spacial score (nSPS) is 9.89. The predicted molar refractivity (Wildman–Crippen MR) is 74.3 cm³/mol. The van der Waals surface area contributed by atoms with Gasteiger partial charge in [0, 0.05) is 12.7 Å². The molecule has 0 bridgehead atoms. The van der Waals surface area contributed by atoms with E-state index >= 15 is 0 Å². The van der Waals surface area contributed by atoms with Gasteiger partial charge in [-0.05, 0) is 31.2 Å². The Balaban J connectivity index is 2.28. The Bertz CT molecular complexity index is 547. The van der Waals surface area contributed by atoms with E-state index in [1.54, 1.807) is 13.1 Å². The van der Waals surface area contributed by atoms with E-state index in [1.165, 1.54) is 5.56 Å². The Labute approximate surface area is 107 Å². The van der Waals surface area contributed by atoms with Crippen LogP contribution in [0.25, 0.3) is 0 Å². The lowest BCUT2D eigenvalue weighted by atomic mass is 10.1. The van der Waals surface area contributed by atoms with Crippen molar-refractivity contribution >= 4 is 17.3 Å². The van der Waals surface area contributed by atoms with Gasteiger partial charge >= 0.3 is 0 Å². The highest BCUT2D eigenvalue weighted by atomic mass is 16.1. The van der Waals surface area contributed by atoms with E-state index in [9.17, 15) is 4.79 Å². The van der Waals surface area contributed by atoms with Crippen molar-refractivity contribution in [2.45, 2.75) is 6.92 Å². The van der Waals surface area contributed by atoms with Crippen molar-refractivity contribution in [3.63, 3.8) is 0 Å². The molecule has 0 saturated heterocycles. The minimum absolute atomic E-state index is 0.0924. The van der Waals surface area contributed by atoms with Crippen LogP contribution in [0.15, 0.2) is 48.5 Å². The molecule has 2 aromatic carbocycles. The third-order valence-electron chi connectivity index (χ3n) is 2.73. The topological polar surface area (TPSA) is 41.1 Å². The number of anilines is 2. The summed E-state index contributed by atoms with van der Waals surface area (Å²) in [6.07, 6.45) is 0. The molecule has 2 rings (SSSR count). The van der Waals surface area contributed by atoms with E-state index in [2.05, 4.69) is 10.6 Å². The van der Waals surface area contributed by atoms with E-state index < -0.39 is 0 Å². The van der Waals surface area contributed by atoms with Crippen LogP contribution in [-0.2, 0) is 0 Å². The Morgan fingerprint density at radius 2 is 1.67 bits per heavy atom. The zero-order chi connectivity index (χ0) is 13.0. The number of amides is 1. The highest BCUT2D eigenvalue weighted by Gasteiger charge is 2.08. The van der Waals surface area contributed by atoms with E-state index in [-0.39, 0.29) is 5.91 Å². The molecule has 3 nitrogen and oxygen atoms in total. The molecule has 0 aliphatic heterocycles. The van der Waals surface area contributed by atoms with Crippen molar-refractivity contribution < 1.29 is 4.79 Å². The Hall–Kier alpha value is -2.29. The highest BCUT2D eigenvalue weighted by Crippen LogP contribution is 2.21. The van der Waals surface area contributed by atoms with Gasteiger partial charge in [-0.15, -0.1) is 0 Å². The first-order valence-electron chi connectivity index (χ1n) is 5.85. The second-order valence-electron chi connectivity index (χ2n) is 4.12. The van der Waals surface area contributed by atoms with Gasteiger partial charge in [0.25, 0.3) is 5.91 Å². The quantitative estimate of drug-likeness (QED) is 0.865. The molecule has 0 aromatic heterocycles. The second-order valence-corrected chi connectivity index (χ2v) is 4.12. The largest absolute Gasteiger partial charge is 0.355 e. The van der Waals surface area contributed by atoms with Crippen LogP contribution in [0, 0.1) is 6.92 Å². The van der Waals surface area contributed by atoms with Crippen LogP contribution >= 0.6 is 0 Å². The van der Waals surface area contributed by atoms with Crippen molar-refractivity contribution in [3.05, 3.63) is 59.7 Å². The van der Waals surface area contributed by atoms with Crippen LogP contribution in [0.5, 0.6) is 0 Å². The lowest BCUT2D eigenvalue weighted by Crippen LogP contribution is -2.19. The first-order chi connectivity index (χ1) is 8.70. The Morgan fingerprint density at radius 3 is 2.33 bits per heavy atom.